The maximum absolute atomic E-state index is 5.80. The van der Waals surface area contributed by atoms with Gasteiger partial charge in [0.05, 0.1) is 6.20 Å². The van der Waals surface area contributed by atoms with Crippen LogP contribution < -0.4 is 5.73 Å². The summed E-state index contributed by atoms with van der Waals surface area (Å²) in [6.07, 6.45) is 20.7. The first kappa shape index (κ1) is 22.0. The first-order valence-electron chi connectivity index (χ1n) is 13.7. The molecule has 0 amide bonds. The summed E-state index contributed by atoms with van der Waals surface area (Å²) in [5.41, 5.74) is 7.53. The zero-order valence-electron chi connectivity index (χ0n) is 20.4. The second-order valence-corrected chi connectivity index (χ2v) is 12.4. The summed E-state index contributed by atoms with van der Waals surface area (Å²) in [6, 6.07) is 0. The van der Waals surface area contributed by atoms with Crippen LogP contribution in [-0.4, -0.2) is 9.78 Å². The van der Waals surface area contributed by atoms with Gasteiger partial charge in [-0.25, -0.2) is 0 Å². The Bertz CT molecular complexity index is 740. The summed E-state index contributed by atoms with van der Waals surface area (Å²) < 4.78 is 2.16. The molecule has 0 aliphatic heterocycles. The number of rotatable bonds is 6. The Morgan fingerprint density at radius 3 is 2.71 bits per heavy atom. The van der Waals surface area contributed by atoms with Gasteiger partial charge in [-0.05, 0) is 104 Å². The lowest BCUT2D eigenvalue weighted by Crippen LogP contribution is -2.49. The molecular formula is C28H47N3. The molecule has 4 saturated carbocycles. The maximum Gasteiger partial charge on any atom is 0.0534 e. The van der Waals surface area contributed by atoms with Crippen LogP contribution in [0.15, 0.2) is 12.4 Å². The standard InChI is InChI=1S/C28H47N3/c1-4-5-20-6-8-23-22(14-20)7-9-25-24(23)12-13-28(3)26(10-11-27(25)28)19(2)17-31-18-21(15-29)16-30-31/h16,18-20,22-27H,4-15,17,29H2,1-3H3. The summed E-state index contributed by atoms with van der Waals surface area (Å²) in [4.78, 5) is 0. The molecule has 4 aliphatic rings. The Balaban J connectivity index is 1.26. The Morgan fingerprint density at radius 1 is 1.10 bits per heavy atom. The van der Waals surface area contributed by atoms with E-state index in [9.17, 15) is 0 Å². The molecule has 4 fully saturated rings. The summed E-state index contributed by atoms with van der Waals surface area (Å²) in [7, 11) is 0. The molecule has 3 heteroatoms. The lowest BCUT2D eigenvalue weighted by atomic mass is 9.48. The molecule has 1 heterocycles. The van der Waals surface area contributed by atoms with Crippen molar-refractivity contribution in [3.05, 3.63) is 18.0 Å². The molecule has 0 spiro atoms. The molecule has 174 valence electrons. The highest BCUT2D eigenvalue weighted by molar-refractivity contribution is 5.07. The van der Waals surface area contributed by atoms with Crippen LogP contribution in [0.1, 0.15) is 97.0 Å². The first-order valence-corrected chi connectivity index (χ1v) is 13.7. The summed E-state index contributed by atoms with van der Waals surface area (Å²) in [5.74, 6) is 7.86. The van der Waals surface area contributed by atoms with Gasteiger partial charge in [0, 0.05) is 24.8 Å². The van der Waals surface area contributed by atoms with Crippen LogP contribution in [0.4, 0.5) is 0 Å². The fraction of sp³-hybridized carbons (Fsp3) is 0.893. The largest absolute Gasteiger partial charge is 0.326 e. The van der Waals surface area contributed by atoms with Gasteiger partial charge in [0.2, 0.25) is 0 Å². The molecule has 0 bridgehead atoms. The highest BCUT2D eigenvalue weighted by Crippen LogP contribution is 2.65. The van der Waals surface area contributed by atoms with Gasteiger partial charge in [-0.3, -0.25) is 4.68 Å². The molecule has 1 aromatic heterocycles. The van der Waals surface area contributed by atoms with Crippen LogP contribution in [-0.2, 0) is 13.1 Å². The number of hydrogen-bond acceptors (Lipinski definition) is 2. The summed E-state index contributed by atoms with van der Waals surface area (Å²) in [5, 5.41) is 4.59. The van der Waals surface area contributed by atoms with Crippen molar-refractivity contribution in [3.63, 3.8) is 0 Å². The van der Waals surface area contributed by atoms with Crippen molar-refractivity contribution in [1.82, 2.24) is 9.78 Å². The minimum absolute atomic E-state index is 0.566. The average Bonchev–Trinajstić information content (AvgIpc) is 3.37. The second kappa shape index (κ2) is 8.84. The van der Waals surface area contributed by atoms with E-state index >= 15 is 0 Å². The molecule has 5 rings (SSSR count). The van der Waals surface area contributed by atoms with Crippen molar-refractivity contribution in [1.29, 1.82) is 0 Å². The van der Waals surface area contributed by atoms with Crippen molar-refractivity contribution in [2.75, 3.05) is 0 Å². The minimum Gasteiger partial charge on any atom is -0.326 e. The van der Waals surface area contributed by atoms with E-state index in [1.807, 2.05) is 6.20 Å². The molecule has 31 heavy (non-hydrogen) atoms. The molecule has 9 unspecified atom stereocenters. The zero-order chi connectivity index (χ0) is 21.6. The first-order chi connectivity index (χ1) is 15.0. The Labute approximate surface area is 190 Å². The molecule has 1 aromatic rings. The molecule has 9 atom stereocenters. The third kappa shape index (κ3) is 3.91. The van der Waals surface area contributed by atoms with E-state index in [0.717, 1.165) is 53.5 Å². The Morgan fingerprint density at radius 2 is 1.94 bits per heavy atom. The highest BCUT2D eigenvalue weighted by atomic mass is 15.3. The van der Waals surface area contributed by atoms with Gasteiger partial charge in [0.1, 0.15) is 0 Å². The van der Waals surface area contributed by atoms with Crippen molar-refractivity contribution < 1.29 is 0 Å². The van der Waals surface area contributed by atoms with Gasteiger partial charge in [-0.1, -0.05) is 40.0 Å². The number of fused-ring (bicyclic) bond motifs is 5. The normalized spacial score (nSPS) is 43.2. The topological polar surface area (TPSA) is 43.8 Å². The van der Waals surface area contributed by atoms with Crippen molar-refractivity contribution in [2.45, 2.75) is 104 Å². The van der Waals surface area contributed by atoms with E-state index in [0.29, 0.717) is 17.9 Å². The predicted molar refractivity (Wildman–Crippen MR) is 128 cm³/mol. The lowest BCUT2D eigenvalue weighted by molar-refractivity contribution is -0.0749. The van der Waals surface area contributed by atoms with Gasteiger partial charge >= 0.3 is 0 Å². The number of hydrogen-bond donors (Lipinski definition) is 1. The molecule has 4 aliphatic carbocycles. The SMILES string of the molecule is CCCC1CCC2C(CCC3C2CCC2(C)C(C(C)Cn4cc(CN)cn4)CCC32)C1. The smallest absolute Gasteiger partial charge is 0.0534 e. The van der Waals surface area contributed by atoms with Gasteiger partial charge in [0.15, 0.2) is 0 Å². The molecule has 0 saturated heterocycles. The monoisotopic (exact) mass is 425 g/mol. The molecule has 3 nitrogen and oxygen atoms in total. The number of nitrogens with two attached hydrogens (primary N) is 1. The van der Waals surface area contributed by atoms with Crippen molar-refractivity contribution in [3.8, 4) is 0 Å². The lowest BCUT2D eigenvalue weighted by Gasteiger charge is -2.57. The molecule has 0 aromatic carbocycles. The summed E-state index contributed by atoms with van der Waals surface area (Å²) >= 11 is 0. The van der Waals surface area contributed by atoms with E-state index in [1.165, 1.54) is 44.9 Å². The van der Waals surface area contributed by atoms with Crippen LogP contribution in [0.25, 0.3) is 0 Å². The third-order valence-electron chi connectivity index (χ3n) is 10.9. The van der Waals surface area contributed by atoms with Crippen LogP contribution in [0, 0.1) is 52.8 Å². The van der Waals surface area contributed by atoms with E-state index in [-0.39, 0.29) is 0 Å². The zero-order valence-corrected chi connectivity index (χ0v) is 20.4. The Kier molecular flexibility index (Phi) is 6.27. The van der Waals surface area contributed by atoms with Crippen LogP contribution in [0.2, 0.25) is 0 Å². The van der Waals surface area contributed by atoms with Gasteiger partial charge in [-0.15, -0.1) is 0 Å². The number of nitrogens with zero attached hydrogens (tertiary/aromatic N) is 2. The average molecular weight is 426 g/mol. The molecule has 2 N–H and O–H groups in total. The maximum atomic E-state index is 5.80. The Hall–Kier alpha value is -0.830. The second-order valence-electron chi connectivity index (χ2n) is 12.4. The van der Waals surface area contributed by atoms with Crippen molar-refractivity contribution >= 4 is 0 Å². The summed E-state index contributed by atoms with van der Waals surface area (Å²) in [6.45, 7) is 9.24. The van der Waals surface area contributed by atoms with Crippen LogP contribution >= 0.6 is 0 Å². The van der Waals surface area contributed by atoms with Crippen LogP contribution in [0.3, 0.4) is 0 Å². The highest BCUT2D eigenvalue weighted by Gasteiger charge is 2.57. The van der Waals surface area contributed by atoms with E-state index in [1.54, 1.807) is 25.7 Å². The van der Waals surface area contributed by atoms with Crippen molar-refractivity contribution in [2.24, 2.45) is 58.5 Å². The van der Waals surface area contributed by atoms with E-state index in [2.05, 4.69) is 36.7 Å². The van der Waals surface area contributed by atoms with Gasteiger partial charge in [-0.2, -0.15) is 5.10 Å². The number of aromatic nitrogens is 2. The van der Waals surface area contributed by atoms with Crippen LogP contribution in [0.5, 0.6) is 0 Å². The molecule has 0 radical (unpaired) electrons. The fourth-order valence-electron chi connectivity index (χ4n) is 9.63. The predicted octanol–water partition coefficient (Wildman–Crippen LogP) is 6.66. The fourth-order valence-corrected chi connectivity index (χ4v) is 9.63. The third-order valence-corrected chi connectivity index (χ3v) is 10.9. The van der Waals surface area contributed by atoms with Gasteiger partial charge < -0.3 is 5.73 Å². The van der Waals surface area contributed by atoms with E-state index < -0.39 is 0 Å². The van der Waals surface area contributed by atoms with Gasteiger partial charge in [0.25, 0.3) is 0 Å². The molecular weight excluding hydrogens is 378 g/mol. The minimum atomic E-state index is 0.566. The quantitative estimate of drug-likeness (QED) is 0.553. The van der Waals surface area contributed by atoms with E-state index in [4.69, 9.17) is 5.73 Å².